The Morgan fingerprint density at radius 3 is 1.07 bits per heavy atom. The van der Waals surface area contributed by atoms with Crippen LogP contribution in [0.2, 0.25) is 0 Å². The molecule has 3 aromatic rings. The topological polar surface area (TPSA) is 18.5 Å². The molecule has 3 rings (SSSR count). The number of rotatable bonds is 26. The highest BCUT2D eigenvalue weighted by atomic mass is 16.5. The van der Waals surface area contributed by atoms with E-state index in [2.05, 4.69) is 111 Å². The van der Waals surface area contributed by atoms with Gasteiger partial charge in [0.1, 0.15) is 11.5 Å². The first-order chi connectivity index (χ1) is 22.8. The zero-order valence-electron chi connectivity index (χ0n) is 28.8. The molecule has 0 amide bonds. The van der Waals surface area contributed by atoms with E-state index in [0.29, 0.717) is 0 Å². The maximum Gasteiger partial charge on any atom is 0.119 e. The van der Waals surface area contributed by atoms with Gasteiger partial charge in [-0.2, -0.15) is 0 Å². The lowest BCUT2D eigenvalue weighted by Gasteiger charge is -2.07. The van der Waals surface area contributed by atoms with Gasteiger partial charge < -0.3 is 9.47 Å². The van der Waals surface area contributed by atoms with Crippen LogP contribution in [-0.2, 0) is 0 Å². The van der Waals surface area contributed by atoms with Crippen LogP contribution in [0.25, 0.3) is 24.3 Å². The van der Waals surface area contributed by atoms with E-state index in [1.807, 2.05) is 6.08 Å². The molecule has 248 valence electrons. The predicted octanol–water partition coefficient (Wildman–Crippen LogP) is 13.6. The molecule has 0 N–H and O–H groups in total. The Hall–Kier alpha value is -3.52. The molecular weight excluding hydrogens is 560 g/mol. The largest absolute Gasteiger partial charge is 0.494 e. The molecular formula is C44H60O2. The minimum Gasteiger partial charge on any atom is -0.494 e. The van der Waals surface area contributed by atoms with Gasteiger partial charge in [0.15, 0.2) is 0 Å². The van der Waals surface area contributed by atoms with Gasteiger partial charge in [0.2, 0.25) is 0 Å². The molecule has 2 heteroatoms. The second kappa shape index (κ2) is 24.7. The second-order valence-electron chi connectivity index (χ2n) is 12.5. The number of benzene rings is 3. The maximum absolute atomic E-state index is 5.97. The first-order valence-corrected chi connectivity index (χ1v) is 18.3. The molecule has 0 aliphatic heterocycles. The summed E-state index contributed by atoms with van der Waals surface area (Å²) in [6, 6.07) is 25.5. The quantitative estimate of drug-likeness (QED) is 0.0505. The third kappa shape index (κ3) is 17.2. The molecule has 0 radical (unpaired) electrons. The van der Waals surface area contributed by atoms with Crippen LogP contribution in [0.1, 0.15) is 138 Å². The second-order valence-corrected chi connectivity index (χ2v) is 12.5. The lowest BCUT2D eigenvalue weighted by molar-refractivity contribution is 0.304. The summed E-state index contributed by atoms with van der Waals surface area (Å²) in [6.45, 7) is 7.67. The van der Waals surface area contributed by atoms with Crippen molar-refractivity contribution in [2.45, 2.75) is 116 Å². The molecule has 0 aliphatic carbocycles. The molecule has 2 nitrogen and oxygen atoms in total. The van der Waals surface area contributed by atoms with Crippen LogP contribution in [0.3, 0.4) is 0 Å². The highest BCUT2D eigenvalue weighted by Crippen LogP contribution is 2.18. The van der Waals surface area contributed by atoms with Crippen molar-refractivity contribution in [2.24, 2.45) is 0 Å². The van der Waals surface area contributed by atoms with Crippen LogP contribution < -0.4 is 9.47 Å². The van der Waals surface area contributed by atoms with Crippen molar-refractivity contribution in [3.63, 3.8) is 0 Å². The fourth-order valence-corrected chi connectivity index (χ4v) is 5.52. The van der Waals surface area contributed by atoms with Gasteiger partial charge >= 0.3 is 0 Å². The summed E-state index contributed by atoms with van der Waals surface area (Å²) >= 11 is 0. The molecule has 0 bridgehead atoms. The monoisotopic (exact) mass is 620 g/mol. The number of ether oxygens (including phenoxy) is 2. The lowest BCUT2D eigenvalue weighted by atomic mass is 10.1. The number of unbranched alkanes of at least 4 members (excludes halogenated alkanes) is 15. The fraction of sp³-hybridized carbons (Fsp3) is 0.455. The van der Waals surface area contributed by atoms with E-state index in [9.17, 15) is 0 Å². The molecule has 3 aromatic carbocycles. The number of hydrogen-bond donors (Lipinski definition) is 0. The Labute approximate surface area is 281 Å². The van der Waals surface area contributed by atoms with Gasteiger partial charge in [0, 0.05) is 0 Å². The van der Waals surface area contributed by atoms with Gasteiger partial charge in [0.25, 0.3) is 0 Å². The standard InChI is InChI=1S/C44H60O2/c1-3-5-7-9-11-13-14-16-18-20-38-46-44-35-31-42(32-36-44)28-26-40-23-21-39(22-24-40)25-27-41-29-33-43(34-30-41)45-37-19-17-15-12-10-8-6-4-2/h4,21-36H,2-3,5-20,37-38H2,1H3. The third-order valence-electron chi connectivity index (χ3n) is 8.47. The minimum atomic E-state index is 0.793. The van der Waals surface area contributed by atoms with E-state index in [1.54, 1.807) is 0 Å². The van der Waals surface area contributed by atoms with Crippen LogP contribution >= 0.6 is 0 Å². The summed E-state index contributed by atoms with van der Waals surface area (Å²) in [5.41, 5.74) is 4.72. The van der Waals surface area contributed by atoms with Gasteiger partial charge in [-0.05, 0) is 72.2 Å². The highest BCUT2D eigenvalue weighted by molar-refractivity contribution is 5.73. The van der Waals surface area contributed by atoms with Crippen molar-refractivity contribution in [3.05, 3.63) is 108 Å². The molecule has 0 aliphatic rings. The molecule has 0 unspecified atom stereocenters. The van der Waals surface area contributed by atoms with Crippen LogP contribution in [0.4, 0.5) is 0 Å². The van der Waals surface area contributed by atoms with Crippen molar-refractivity contribution in [2.75, 3.05) is 13.2 Å². The fourth-order valence-electron chi connectivity index (χ4n) is 5.52. The number of hydrogen-bond acceptors (Lipinski definition) is 2. The van der Waals surface area contributed by atoms with Gasteiger partial charge in [-0.1, -0.05) is 169 Å². The van der Waals surface area contributed by atoms with E-state index >= 15 is 0 Å². The van der Waals surface area contributed by atoms with Crippen molar-refractivity contribution >= 4 is 24.3 Å². The first kappa shape index (κ1) is 36.9. The Morgan fingerprint density at radius 1 is 0.413 bits per heavy atom. The van der Waals surface area contributed by atoms with E-state index in [-0.39, 0.29) is 0 Å². The average molecular weight is 621 g/mol. The molecule has 0 fully saturated rings. The third-order valence-corrected chi connectivity index (χ3v) is 8.47. The molecule has 0 spiro atoms. The summed E-state index contributed by atoms with van der Waals surface area (Å²) in [5.74, 6) is 1.91. The molecule has 0 atom stereocenters. The van der Waals surface area contributed by atoms with E-state index in [0.717, 1.165) is 44.0 Å². The van der Waals surface area contributed by atoms with Crippen molar-refractivity contribution < 1.29 is 9.47 Å². The Balaban J connectivity index is 1.28. The van der Waals surface area contributed by atoms with Crippen LogP contribution in [-0.4, -0.2) is 13.2 Å². The van der Waals surface area contributed by atoms with Crippen molar-refractivity contribution in [3.8, 4) is 11.5 Å². The van der Waals surface area contributed by atoms with E-state index in [1.165, 1.54) is 112 Å². The molecule has 0 saturated carbocycles. The Kier molecular flexibility index (Phi) is 19.8. The minimum absolute atomic E-state index is 0.793. The van der Waals surface area contributed by atoms with Gasteiger partial charge in [-0.25, -0.2) is 0 Å². The Morgan fingerprint density at radius 2 is 0.717 bits per heavy atom. The zero-order valence-corrected chi connectivity index (χ0v) is 28.8. The van der Waals surface area contributed by atoms with Crippen molar-refractivity contribution in [1.29, 1.82) is 0 Å². The van der Waals surface area contributed by atoms with Gasteiger partial charge in [-0.3, -0.25) is 0 Å². The van der Waals surface area contributed by atoms with Crippen molar-refractivity contribution in [1.82, 2.24) is 0 Å². The first-order valence-electron chi connectivity index (χ1n) is 18.3. The summed E-state index contributed by atoms with van der Waals surface area (Å²) < 4.78 is 11.9. The normalized spacial score (nSPS) is 11.4. The lowest BCUT2D eigenvalue weighted by Crippen LogP contribution is -1.97. The van der Waals surface area contributed by atoms with E-state index < -0.39 is 0 Å². The summed E-state index contributed by atoms with van der Waals surface area (Å²) in [6.07, 6.45) is 32.8. The summed E-state index contributed by atoms with van der Waals surface area (Å²) in [4.78, 5) is 0. The van der Waals surface area contributed by atoms with E-state index in [4.69, 9.17) is 9.47 Å². The molecule has 0 saturated heterocycles. The summed E-state index contributed by atoms with van der Waals surface area (Å²) in [7, 11) is 0. The zero-order chi connectivity index (χ0) is 32.3. The van der Waals surface area contributed by atoms with Crippen LogP contribution in [0.5, 0.6) is 11.5 Å². The Bertz CT molecular complexity index is 1220. The smallest absolute Gasteiger partial charge is 0.119 e. The van der Waals surface area contributed by atoms with Crippen LogP contribution in [0.15, 0.2) is 85.5 Å². The van der Waals surface area contributed by atoms with Crippen LogP contribution in [0, 0.1) is 0 Å². The van der Waals surface area contributed by atoms with Gasteiger partial charge in [-0.15, -0.1) is 6.58 Å². The molecule has 0 aromatic heterocycles. The van der Waals surface area contributed by atoms with Gasteiger partial charge in [0.05, 0.1) is 13.2 Å². The SMILES string of the molecule is C=CCCCCCCCCOc1ccc(C=Cc2ccc(C=Cc3ccc(OCCCCCCCCCCCC)cc3)cc2)cc1. The average Bonchev–Trinajstić information content (AvgIpc) is 3.09. The highest BCUT2D eigenvalue weighted by Gasteiger charge is 1.98. The predicted molar refractivity (Wildman–Crippen MR) is 203 cm³/mol. The molecule has 46 heavy (non-hydrogen) atoms. The number of allylic oxidation sites excluding steroid dienone is 1. The maximum atomic E-state index is 5.97. The summed E-state index contributed by atoms with van der Waals surface area (Å²) in [5, 5.41) is 0. The molecule has 0 heterocycles.